The molecule has 0 bridgehead atoms. The van der Waals surface area contributed by atoms with E-state index in [-0.39, 0.29) is 5.25 Å². The first kappa shape index (κ1) is 20.0. The summed E-state index contributed by atoms with van der Waals surface area (Å²) in [5.41, 5.74) is 2.50. The lowest BCUT2D eigenvalue weighted by Gasteiger charge is -2.17. The van der Waals surface area contributed by atoms with Gasteiger partial charge in [-0.15, -0.1) is 10.2 Å². The summed E-state index contributed by atoms with van der Waals surface area (Å²) in [6.07, 6.45) is 2.56. The van der Waals surface area contributed by atoms with Gasteiger partial charge < -0.3 is 9.30 Å². The predicted octanol–water partition coefficient (Wildman–Crippen LogP) is 4.78. The SMILES string of the molecule is COc1cccc([C@@H](C)Sc2nnc(CN3CCCC3)n2Cc2ccccc2)c1. The summed E-state index contributed by atoms with van der Waals surface area (Å²) >= 11 is 1.76. The highest BCUT2D eigenvalue weighted by molar-refractivity contribution is 7.99. The van der Waals surface area contributed by atoms with E-state index in [0.29, 0.717) is 0 Å². The van der Waals surface area contributed by atoms with Gasteiger partial charge in [0.25, 0.3) is 0 Å². The lowest BCUT2D eigenvalue weighted by molar-refractivity contribution is 0.316. The summed E-state index contributed by atoms with van der Waals surface area (Å²) in [5, 5.41) is 10.4. The van der Waals surface area contributed by atoms with E-state index in [1.165, 1.54) is 24.0 Å². The van der Waals surface area contributed by atoms with Crippen molar-refractivity contribution in [3.63, 3.8) is 0 Å². The molecule has 1 fully saturated rings. The maximum atomic E-state index is 5.39. The number of benzene rings is 2. The molecule has 1 aliphatic rings. The van der Waals surface area contributed by atoms with Crippen molar-refractivity contribution in [2.24, 2.45) is 0 Å². The van der Waals surface area contributed by atoms with E-state index in [9.17, 15) is 0 Å². The van der Waals surface area contributed by atoms with Crippen LogP contribution in [0.3, 0.4) is 0 Å². The van der Waals surface area contributed by atoms with Crippen LogP contribution in [0.5, 0.6) is 5.75 Å². The Hall–Kier alpha value is -2.31. The van der Waals surface area contributed by atoms with E-state index in [1.807, 2.05) is 12.1 Å². The second-order valence-corrected chi connectivity index (χ2v) is 8.80. The highest BCUT2D eigenvalue weighted by Crippen LogP contribution is 2.35. The maximum absolute atomic E-state index is 5.39. The first-order chi connectivity index (χ1) is 14.2. The Bertz CT molecular complexity index is 922. The number of aromatic nitrogens is 3. The quantitative estimate of drug-likeness (QED) is 0.502. The van der Waals surface area contributed by atoms with Crippen molar-refractivity contribution in [3.8, 4) is 5.75 Å². The molecule has 3 aromatic rings. The zero-order valence-electron chi connectivity index (χ0n) is 17.1. The summed E-state index contributed by atoms with van der Waals surface area (Å²) in [7, 11) is 1.71. The number of methoxy groups -OCH3 is 1. The zero-order valence-corrected chi connectivity index (χ0v) is 17.9. The number of hydrogen-bond donors (Lipinski definition) is 0. The average Bonchev–Trinajstić information content (AvgIpc) is 3.40. The third-order valence-corrected chi connectivity index (χ3v) is 6.52. The van der Waals surface area contributed by atoms with Crippen molar-refractivity contribution in [1.82, 2.24) is 19.7 Å². The van der Waals surface area contributed by atoms with Crippen LogP contribution in [0.25, 0.3) is 0 Å². The molecule has 0 unspecified atom stereocenters. The minimum absolute atomic E-state index is 0.253. The molecule has 0 spiro atoms. The fourth-order valence-electron chi connectivity index (χ4n) is 3.71. The van der Waals surface area contributed by atoms with Crippen LogP contribution in [0.1, 0.15) is 42.0 Å². The minimum atomic E-state index is 0.253. The van der Waals surface area contributed by atoms with Gasteiger partial charge in [0.05, 0.1) is 20.2 Å². The molecule has 1 saturated heterocycles. The maximum Gasteiger partial charge on any atom is 0.192 e. The van der Waals surface area contributed by atoms with Crippen LogP contribution in [-0.2, 0) is 13.1 Å². The van der Waals surface area contributed by atoms with Gasteiger partial charge in [-0.2, -0.15) is 0 Å². The molecular weight excluding hydrogens is 380 g/mol. The number of hydrogen-bond acceptors (Lipinski definition) is 5. The Labute approximate surface area is 177 Å². The number of rotatable bonds is 8. The second kappa shape index (κ2) is 9.46. The third kappa shape index (κ3) is 5.00. The smallest absolute Gasteiger partial charge is 0.192 e. The number of ether oxygens (including phenoxy) is 1. The van der Waals surface area contributed by atoms with E-state index >= 15 is 0 Å². The van der Waals surface area contributed by atoms with Gasteiger partial charge >= 0.3 is 0 Å². The molecular formula is C23H28N4OS. The molecule has 2 heterocycles. The lowest BCUT2D eigenvalue weighted by Crippen LogP contribution is -2.21. The fourth-order valence-corrected chi connectivity index (χ4v) is 4.69. The van der Waals surface area contributed by atoms with E-state index in [1.54, 1.807) is 18.9 Å². The molecule has 0 radical (unpaired) electrons. The van der Waals surface area contributed by atoms with E-state index in [2.05, 4.69) is 69.1 Å². The van der Waals surface area contributed by atoms with Gasteiger partial charge in [-0.25, -0.2) is 0 Å². The molecule has 152 valence electrons. The summed E-state index contributed by atoms with van der Waals surface area (Å²) in [5.74, 6) is 1.94. The Morgan fingerprint density at radius 1 is 1.00 bits per heavy atom. The van der Waals surface area contributed by atoms with Gasteiger partial charge in [0.2, 0.25) is 0 Å². The molecule has 0 amide bonds. The topological polar surface area (TPSA) is 43.2 Å². The van der Waals surface area contributed by atoms with Crippen molar-refractivity contribution in [2.45, 2.75) is 43.3 Å². The van der Waals surface area contributed by atoms with E-state index in [0.717, 1.165) is 42.9 Å². The number of nitrogens with zero attached hydrogens (tertiary/aromatic N) is 4. The van der Waals surface area contributed by atoms with Crippen molar-refractivity contribution >= 4 is 11.8 Å². The van der Waals surface area contributed by atoms with Gasteiger partial charge in [0, 0.05) is 5.25 Å². The van der Waals surface area contributed by atoms with Crippen LogP contribution in [0, 0.1) is 0 Å². The molecule has 5 nitrogen and oxygen atoms in total. The number of likely N-dealkylation sites (tertiary alicyclic amines) is 1. The van der Waals surface area contributed by atoms with Crippen LogP contribution in [-0.4, -0.2) is 39.9 Å². The molecule has 1 atom stereocenters. The third-order valence-electron chi connectivity index (χ3n) is 5.39. The monoisotopic (exact) mass is 408 g/mol. The predicted molar refractivity (Wildman–Crippen MR) is 117 cm³/mol. The normalized spacial score (nSPS) is 15.5. The van der Waals surface area contributed by atoms with Crippen LogP contribution in [0.4, 0.5) is 0 Å². The molecule has 2 aromatic carbocycles. The summed E-state index contributed by atoms with van der Waals surface area (Å²) < 4.78 is 7.68. The van der Waals surface area contributed by atoms with E-state index < -0.39 is 0 Å². The minimum Gasteiger partial charge on any atom is -0.497 e. The molecule has 0 saturated carbocycles. The molecule has 0 N–H and O–H groups in total. The lowest BCUT2D eigenvalue weighted by atomic mass is 10.1. The van der Waals surface area contributed by atoms with Crippen LogP contribution in [0.15, 0.2) is 59.8 Å². The Kier molecular flexibility index (Phi) is 6.52. The highest BCUT2D eigenvalue weighted by atomic mass is 32.2. The van der Waals surface area contributed by atoms with Gasteiger partial charge in [0.1, 0.15) is 11.6 Å². The molecule has 1 aliphatic heterocycles. The highest BCUT2D eigenvalue weighted by Gasteiger charge is 2.20. The molecule has 1 aromatic heterocycles. The van der Waals surface area contributed by atoms with Gasteiger partial charge in [-0.1, -0.05) is 54.2 Å². The first-order valence-electron chi connectivity index (χ1n) is 10.2. The van der Waals surface area contributed by atoms with Gasteiger partial charge in [-0.3, -0.25) is 4.90 Å². The Balaban J connectivity index is 1.58. The van der Waals surface area contributed by atoms with Crippen molar-refractivity contribution < 1.29 is 4.74 Å². The van der Waals surface area contributed by atoms with Crippen molar-refractivity contribution in [3.05, 3.63) is 71.5 Å². The Morgan fingerprint density at radius 3 is 2.55 bits per heavy atom. The molecule has 4 rings (SSSR count). The molecule has 0 aliphatic carbocycles. The average molecular weight is 409 g/mol. The first-order valence-corrected chi connectivity index (χ1v) is 11.1. The molecule has 29 heavy (non-hydrogen) atoms. The zero-order chi connectivity index (χ0) is 20.1. The summed E-state index contributed by atoms with van der Waals surface area (Å²) in [6.45, 7) is 6.18. The van der Waals surface area contributed by atoms with Crippen molar-refractivity contribution in [2.75, 3.05) is 20.2 Å². The van der Waals surface area contributed by atoms with Crippen LogP contribution in [0.2, 0.25) is 0 Å². The van der Waals surface area contributed by atoms with Gasteiger partial charge in [-0.05, 0) is 56.1 Å². The van der Waals surface area contributed by atoms with E-state index in [4.69, 9.17) is 4.74 Å². The Morgan fingerprint density at radius 2 is 1.79 bits per heavy atom. The molecule has 6 heteroatoms. The number of thioether (sulfide) groups is 1. The largest absolute Gasteiger partial charge is 0.497 e. The standard InChI is InChI=1S/C23H28N4OS/c1-18(20-11-8-12-21(15-20)28-2)29-23-25-24-22(17-26-13-6-7-14-26)27(23)16-19-9-4-3-5-10-19/h3-5,8-12,15,18H,6-7,13-14,16-17H2,1-2H3/t18-/m1/s1. The summed E-state index contributed by atoms with van der Waals surface area (Å²) in [6, 6.07) is 18.8. The second-order valence-electron chi connectivity index (χ2n) is 7.49. The van der Waals surface area contributed by atoms with Gasteiger partial charge in [0.15, 0.2) is 5.16 Å². The van der Waals surface area contributed by atoms with Crippen LogP contribution >= 0.6 is 11.8 Å². The van der Waals surface area contributed by atoms with Crippen LogP contribution < -0.4 is 4.74 Å². The fraction of sp³-hybridized carbons (Fsp3) is 0.391. The van der Waals surface area contributed by atoms with Crippen molar-refractivity contribution in [1.29, 1.82) is 0 Å². The summed E-state index contributed by atoms with van der Waals surface area (Å²) in [4.78, 5) is 2.48.